The Morgan fingerprint density at radius 3 is 2.80 bits per heavy atom. The number of hydrogen-bond donors (Lipinski definition) is 1. The molecule has 2 aromatic rings. The van der Waals surface area contributed by atoms with Gasteiger partial charge in [0, 0.05) is 29.5 Å². The van der Waals surface area contributed by atoms with Gasteiger partial charge in [-0.2, -0.15) is 0 Å². The molecule has 76 valence electrons. The molecule has 1 aromatic heterocycles. The van der Waals surface area contributed by atoms with E-state index >= 15 is 0 Å². The molecule has 0 unspecified atom stereocenters. The van der Waals surface area contributed by atoms with E-state index in [1.54, 1.807) is 18.6 Å². The summed E-state index contributed by atoms with van der Waals surface area (Å²) in [5.41, 5.74) is 8.30. The maximum Gasteiger partial charge on any atom is 0.0885 e. The molecule has 0 spiro atoms. The maximum absolute atomic E-state index is 5.97. The van der Waals surface area contributed by atoms with Gasteiger partial charge in [0.1, 0.15) is 0 Å². The Morgan fingerprint density at radius 1 is 1.27 bits per heavy atom. The molecule has 0 saturated carbocycles. The van der Waals surface area contributed by atoms with Crippen molar-refractivity contribution in [1.29, 1.82) is 0 Å². The number of benzene rings is 1. The summed E-state index contributed by atoms with van der Waals surface area (Å²) in [5, 5.41) is 0.685. The molecule has 2 rings (SSSR count). The summed E-state index contributed by atoms with van der Waals surface area (Å²) in [6, 6.07) is 5.67. The molecule has 3 nitrogen and oxygen atoms in total. The van der Waals surface area contributed by atoms with E-state index in [1.165, 1.54) is 0 Å². The lowest BCUT2D eigenvalue weighted by atomic mass is 10.1. The van der Waals surface area contributed by atoms with Crippen molar-refractivity contribution < 1.29 is 0 Å². The SMILES string of the molecule is NCc1cc(-c2cnccn2)ccc1Cl. The molecule has 0 radical (unpaired) electrons. The molecule has 0 aliphatic carbocycles. The first-order chi connectivity index (χ1) is 7.31. The predicted molar refractivity (Wildman–Crippen MR) is 60.4 cm³/mol. The lowest BCUT2D eigenvalue weighted by molar-refractivity contribution is 1.07. The van der Waals surface area contributed by atoms with Gasteiger partial charge in [0.2, 0.25) is 0 Å². The van der Waals surface area contributed by atoms with Crippen LogP contribution in [0.5, 0.6) is 0 Å². The number of nitrogens with two attached hydrogens (primary N) is 1. The summed E-state index contributed by atoms with van der Waals surface area (Å²) < 4.78 is 0. The molecule has 15 heavy (non-hydrogen) atoms. The number of nitrogens with zero attached hydrogens (tertiary/aromatic N) is 2. The number of hydrogen-bond acceptors (Lipinski definition) is 3. The van der Waals surface area contributed by atoms with Crippen LogP contribution in [0.3, 0.4) is 0 Å². The fourth-order valence-corrected chi connectivity index (χ4v) is 1.53. The zero-order valence-electron chi connectivity index (χ0n) is 8.02. The summed E-state index contributed by atoms with van der Waals surface area (Å²) in [7, 11) is 0. The minimum Gasteiger partial charge on any atom is -0.326 e. The monoisotopic (exact) mass is 219 g/mol. The molecule has 0 fully saturated rings. The number of halogens is 1. The Balaban J connectivity index is 2.46. The highest BCUT2D eigenvalue weighted by Crippen LogP contribution is 2.22. The molecule has 0 aliphatic heterocycles. The van der Waals surface area contributed by atoms with Gasteiger partial charge in [-0.1, -0.05) is 17.7 Å². The topological polar surface area (TPSA) is 51.8 Å². The normalized spacial score (nSPS) is 10.3. The molecule has 4 heteroatoms. The Bertz CT molecular complexity index is 457. The van der Waals surface area contributed by atoms with Crippen LogP contribution in [0, 0.1) is 0 Å². The summed E-state index contributed by atoms with van der Waals surface area (Å²) in [4.78, 5) is 8.22. The fourth-order valence-electron chi connectivity index (χ4n) is 1.34. The van der Waals surface area contributed by atoms with Crippen LogP contribution < -0.4 is 5.73 Å². The molecule has 0 aliphatic rings. The Labute approximate surface area is 92.9 Å². The average Bonchev–Trinajstić information content (AvgIpc) is 2.31. The van der Waals surface area contributed by atoms with Crippen LogP contribution in [0.1, 0.15) is 5.56 Å². The van der Waals surface area contributed by atoms with E-state index in [0.717, 1.165) is 16.8 Å². The van der Waals surface area contributed by atoms with Gasteiger partial charge < -0.3 is 5.73 Å². The smallest absolute Gasteiger partial charge is 0.0885 e. The van der Waals surface area contributed by atoms with Gasteiger partial charge >= 0.3 is 0 Å². The first-order valence-corrected chi connectivity index (χ1v) is 4.94. The van der Waals surface area contributed by atoms with E-state index in [4.69, 9.17) is 17.3 Å². The van der Waals surface area contributed by atoms with Crippen molar-refractivity contribution in [2.75, 3.05) is 0 Å². The van der Waals surface area contributed by atoms with Crippen molar-refractivity contribution in [3.05, 3.63) is 47.4 Å². The lowest BCUT2D eigenvalue weighted by Crippen LogP contribution is -1.97. The molecule has 1 aromatic carbocycles. The zero-order valence-corrected chi connectivity index (χ0v) is 8.78. The number of aromatic nitrogens is 2. The summed E-state index contributed by atoms with van der Waals surface area (Å²) in [5.74, 6) is 0. The molecular formula is C11H10ClN3. The van der Waals surface area contributed by atoms with E-state index in [-0.39, 0.29) is 0 Å². The average molecular weight is 220 g/mol. The van der Waals surface area contributed by atoms with E-state index in [1.807, 2.05) is 18.2 Å². The van der Waals surface area contributed by atoms with Crippen LogP contribution in [-0.4, -0.2) is 9.97 Å². The van der Waals surface area contributed by atoms with Gasteiger partial charge in [0.15, 0.2) is 0 Å². The van der Waals surface area contributed by atoms with E-state index in [0.29, 0.717) is 11.6 Å². The molecule has 0 bridgehead atoms. The quantitative estimate of drug-likeness (QED) is 0.843. The third-order valence-electron chi connectivity index (χ3n) is 2.12. The molecule has 0 atom stereocenters. The Morgan fingerprint density at radius 2 is 2.13 bits per heavy atom. The molecule has 0 saturated heterocycles. The van der Waals surface area contributed by atoms with Gasteiger partial charge in [-0.05, 0) is 17.7 Å². The van der Waals surface area contributed by atoms with Gasteiger partial charge in [0.25, 0.3) is 0 Å². The van der Waals surface area contributed by atoms with Crippen molar-refractivity contribution in [2.24, 2.45) is 5.73 Å². The summed E-state index contributed by atoms with van der Waals surface area (Å²) in [6.45, 7) is 0.424. The largest absolute Gasteiger partial charge is 0.326 e. The molecule has 0 amide bonds. The minimum absolute atomic E-state index is 0.424. The van der Waals surface area contributed by atoms with E-state index in [2.05, 4.69) is 9.97 Å². The van der Waals surface area contributed by atoms with Crippen LogP contribution in [0.15, 0.2) is 36.8 Å². The lowest BCUT2D eigenvalue weighted by Gasteiger charge is -2.04. The zero-order chi connectivity index (χ0) is 10.7. The van der Waals surface area contributed by atoms with E-state index < -0.39 is 0 Å². The van der Waals surface area contributed by atoms with Crippen LogP contribution in [0.4, 0.5) is 0 Å². The van der Waals surface area contributed by atoms with Crippen LogP contribution in [0.25, 0.3) is 11.3 Å². The Hall–Kier alpha value is -1.45. The summed E-state index contributed by atoms with van der Waals surface area (Å²) >= 11 is 5.97. The van der Waals surface area contributed by atoms with Gasteiger partial charge in [-0.3, -0.25) is 9.97 Å². The van der Waals surface area contributed by atoms with Crippen molar-refractivity contribution in [3.63, 3.8) is 0 Å². The third kappa shape index (κ3) is 2.14. The van der Waals surface area contributed by atoms with Crippen molar-refractivity contribution >= 4 is 11.6 Å². The highest BCUT2D eigenvalue weighted by Gasteiger charge is 2.03. The van der Waals surface area contributed by atoms with Crippen molar-refractivity contribution in [3.8, 4) is 11.3 Å². The molecular weight excluding hydrogens is 210 g/mol. The second-order valence-corrected chi connectivity index (χ2v) is 3.51. The van der Waals surface area contributed by atoms with Gasteiger partial charge in [-0.25, -0.2) is 0 Å². The summed E-state index contributed by atoms with van der Waals surface area (Å²) in [6.07, 6.45) is 5.01. The maximum atomic E-state index is 5.97. The van der Waals surface area contributed by atoms with Crippen LogP contribution in [-0.2, 0) is 6.54 Å². The Kier molecular flexibility index (Phi) is 2.94. The second kappa shape index (κ2) is 4.38. The fraction of sp³-hybridized carbons (Fsp3) is 0.0909. The first-order valence-electron chi connectivity index (χ1n) is 4.56. The third-order valence-corrected chi connectivity index (χ3v) is 2.49. The van der Waals surface area contributed by atoms with Gasteiger partial charge in [0.05, 0.1) is 11.9 Å². The first kappa shape index (κ1) is 10.1. The highest BCUT2D eigenvalue weighted by molar-refractivity contribution is 6.31. The van der Waals surface area contributed by atoms with E-state index in [9.17, 15) is 0 Å². The highest BCUT2D eigenvalue weighted by atomic mass is 35.5. The molecule has 2 N–H and O–H groups in total. The van der Waals surface area contributed by atoms with Crippen LogP contribution in [0.2, 0.25) is 5.02 Å². The van der Waals surface area contributed by atoms with Crippen molar-refractivity contribution in [1.82, 2.24) is 9.97 Å². The number of rotatable bonds is 2. The molecule has 1 heterocycles. The van der Waals surface area contributed by atoms with Crippen LogP contribution >= 0.6 is 11.6 Å². The standard InChI is InChI=1S/C11H10ClN3/c12-10-2-1-8(5-9(10)6-13)11-7-14-3-4-15-11/h1-5,7H,6,13H2. The van der Waals surface area contributed by atoms with Gasteiger partial charge in [-0.15, -0.1) is 0 Å². The van der Waals surface area contributed by atoms with Crippen molar-refractivity contribution in [2.45, 2.75) is 6.54 Å². The second-order valence-electron chi connectivity index (χ2n) is 3.10. The predicted octanol–water partition coefficient (Wildman–Crippen LogP) is 2.26. The minimum atomic E-state index is 0.424.